The average Bonchev–Trinajstić information content (AvgIpc) is 2.65. The molecular formula is C19H20BrNO. The quantitative estimate of drug-likeness (QED) is 0.787. The normalized spacial score (nSPS) is 15.2. The van der Waals surface area contributed by atoms with E-state index in [2.05, 4.69) is 77.4 Å². The molecule has 0 aromatic heterocycles. The lowest BCUT2D eigenvalue weighted by molar-refractivity contribution is 0.307. The Morgan fingerprint density at radius 1 is 1.14 bits per heavy atom. The van der Waals surface area contributed by atoms with Crippen molar-refractivity contribution >= 4 is 21.5 Å². The Bertz CT molecular complexity index is 706. The highest BCUT2D eigenvalue weighted by molar-refractivity contribution is 9.10. The molecule has 1 heterocycles. The molecule has 3 heteroatoms. The fraction of sp³-hybridized carbons (Fsp3) is 0.263. The van der Waals surface area contributed by atoms with Gasteiger partial charge < -0.3 is 9.64 Å². The molecule has 0 saturated heterocycles. The molecule has 114 valence electrons. The van der Waals surface area contributed by atoms with Gasteiger partial charge in [0.15, 0.2) is 0 Å². The number of halogens is 1. The lowest BCUT2D eigenvalue weighted by Gasteiger charge is -2.12. The van der Waals surface area contributed by atoms with Crippen molar-refractivity contribution in [1.82, 2.24) is 4.90 Å². The number of fused-ring (bicyclic) bond motifs is 2. The molecule has 22 heavy (non-hydrogen) atoms. The van der Waals surface area contributed by atoms with Crippen molar-refractivity contribution in [3.05, 3.63) is 69.7 Å². The highest BCUT2D eigenvalue weighted by Gasteiger charge is 2.18. The highest BCUT2D eigenvalue weighted by Crippen LogP contribution is 2.37. The summed E-state index contributed by atoms with van der Waals surface area (Å²) in [5.74, 6) is 0.964. The molecule has 0 amide bonds. The molecule has 0 fully saturated rings. The van der Waals surface area contributed by atoms with Crippen molar-refractivity contribution in [2.24, 2.45) is 0 Å². The van der Waals surface area contributed by atoms with Gasteiger partial charge in [0.25, 0.3) is 0 Å². The maximum Gasteiger partial charge on any atom is 0.127 e. The van der Waals surface area contributed by atoms with Crippen LogP contribution >= 0.6 is 15.9 Å². The van der Waals surface area contributed by atoms with E-state index < -0.39 is 0 Å². The average molecular weight is 358 g/mol. The van der Waals surface area contributed by atoms with Gasteiger partial charge in [-0.1, -0.05) is 46.3 Å². The smallest absolute Gasteiger partial charge is 0.127 e. The Balaban J connectivity index is 2.10. The second-order valence-electron chi connectivity index (χ2n) is 5.80. The predicted octanol–water partition coefficient (Wildman–Crippen LogP) is 4.72. The summed E-state index contributed by atoms with van der Waals surface area (Å²) >= 11 is 3.60. The summed E-state index contributed by atoms with van der Waals surface area (Å²) in [4.78, 5) is 2.21. The van der Waals surface area contributed by atoms with Gasteiger partial charge in [-0.2, -0.15) is 0 Å². The third-order valence-corrected chi connectivity index (χ3v) is 4.34. The molecular weight excluding hydrogens is 338 g/mol. The molecule has 0 saturated carbocycles. The van der Waals surface area contributed by atoms with Gasteiger partial charge in [-0.3, -0.25) is 0 Å². The van der Waals surface area contributed by atoms with E-state index >= 15 is 0 Å². The van der Waals surface area contributed by atoms with Crippen LogP contribution < -0.4 is 4.74 Å². The number of hydrogen-bond acceptors (Lipinski definition) is 2. The van der Waals surface area contributed by atoms with E-state index in [1.54, 1.807) is 0 Å². The van der Waals surface area contributed by atoms with E-state index in [1.165, 1.54) is 22.3 Å². The lowest BCUT2D eigenvalue weighted by Crippen LogP contribution is -2.12. The second-order valence-corrected chi connectivity index (χ2v) is 6.71. The number of para-hydroxylation sites is 1. The Labute approximate surface area is 140 Å². The van der Waals surface area contributed by atoms with Crippen LogP contribution in [0.4, 0.5) is 0 Å². The Morgan fingerprint density at radius 2 is 1.95 bits per heavy atom. The first-order valence-corrected chi connectivity index (χ1v) is 8.30. The Hall–Kier alpha value is -1.58. The van der Waals surface area contributed by atoms with Gasteiger partial charge in [0.2, 0.25) is 0 Å². The van der Waals surface area contributed by atoms with E-state index in [-0.39, 0.29) is 0 Å². The molecule has 0 unspecified atom stereocenters. The van der Waals surface area contributed by atoms with Crippen LogP contribution in [0.5, 0.6) is 5.75 Å². The van der Waals surface area contributed by atoms with Gasteiger partial charge in [-0.25, -0.2) is 0 Å². The highest BCUT2D eigenvalue weighted by atomic mass is 79.9. The van der Waals surface area contributed by atoms with E-state index in [0.29, 0.717) is 6.61 Å². The number of nitrogens with zero attached hydrogens (tertiary/aromatic N) is 1. The fourth-order valence-electron chi connectivity index (χ4n) is 2.73. The van der Waals surface area contributed by atoms with Crippen molar-refractivity contribution in [2.45, 2.75) is 13.0 Å². The van der Waals surface area contributed by atoms with Crippen molar-refractivity contribution in [2.75, 3.05) is 20.6 Å². The van der Waals surface area contributed by atoms with Crippen molar-refractivity contribution in [3.8, 4) is 5.75 Å². The molecule has 3 rings (SSSR count). The molecule has 2 aromatic carbocycles. The van der Waals surface area contributed by atoms with Crippen molar-refractivity contribution in [1.29, 1.82) is 0 Å². The minimum atomic E-state index is 0.616. The Kier molecular flexibility index (Phi) is 4.65. The van der Waals surface area contributed by atoms with Gasteiger partial charge in [0, 0.05) is 16.6 Å². The number of hydrogen-bond donors (Lipinski definition) is 0. The molecule has 2 nitrogen and oxygen atoms in total. The van der Waals surface area contributed by atoms with Crippen molar-refractivity contribution in [3.63, 3.8) is 0 Å². The minimum Gasteiger partial charge on any atom is -0.488 e. The van der Waals surface area contributed by atoms with Gasteiger partial charge in [0.05, 0.1) is 0 Å². The summed E-state index contributed by atoms with van der Waals surface area (Å²) in [6.07, 6.45) is 3.35. The summed E-state index contributed by atoms with van der Waals surface area (Å²) in [5.41, 5.74) is 4.94. The third kappa shape index (κ3) is 3.26. The largest absolute Gasteiger partial charge is 0.488 e. The molecule has 2 aromatic rings. The zero-order chi connectivity index (χ0) is 15.5. The molecule has 0 bridgehead atoms. The number of rotatable bonds is 3. The van der Waals surface area contributed by atoms with E-state index in [1.807, 2.05) is 6.07 Å². The topological polar surface area (TPSA) is 12.5 Å². The van der Waals surface area contributed by atoms with Gasteiger partial charge in [-0.15, -0.1) is 0 Å². The van der Waals surface area contributed by atoms with Gasteiger partial charge in [-0.05, 0) is 55.4 Å². The van der Waals surface area contributed by atoms with E-state index in [4.69, 9.17) is 4.74 Å². The molecule has 0 spiro atoms. The van der Waals surface area contributed by atoms with E-state index in [9.17, 15) is 0 Å². The van der Waals surface area contributed by atoms with Crippen LogP contribution in [0.25, 0.3) is 5.57 Å². The van der Waals surface area contributed by atoms with Crippen LogP contribution in [0.15, 0.2) is 53.0 Å². The molecule has 0 N–H and O–H groups in total. The summed E-state index contributed by atoms with van der Waals surface area (Å²) < 4.78 is 7.11. The summed E-state index contributed by atoms with van der Waals surface area (Å²) in [6.45, 7) is 1.65. The van der Waals surface area contributed by atoms with Crippen LogP contribution in [0.2, 0.25) is 0 Å². The fourth-order valence-corrected chi connectivity index (χ4v) is 3.09. The molecule has 0 aliphatic carbocycles. The second kappa shape index (κ2) is 6.67. The zero-order valence-corrected chi connectivity index (χ0v) is 14.6. The lowest BCUT2D eigenvalue weighted by atomic mass is 9.93. The van der Waals surface area contributed by atoms with Crippen LogP contribution in [0.1, 0.15) is 23.1 Å². The maximum atomic E-state index is 6.01. The van der Waals surface area contributed by atoms with Crippen molar-refractivity contribution < 1.29 is 4.74 Å². The predicted molar refractivity (Wildman–Crippen MR) is 95.2 cm³/mol. The van der Waals surface area contributed by atoms with E-state index in [0.717, 1.165) is 23.2 Å². The molecule has 0 atom stereocenters. The van der Waals surface area contributed by atoms with Gasteiger partial charge in [0.1, 0.15) is 12.4 Å². The monoisotopic (exact) mass is 357 g/mol. The van der Waals surface area contributed by atoms with Crippen LogP contribution in [-0.4, -0.2) is 25.5 Å². The first-order valence-electron chi connectivity index (χ1n) is 7.51. The molecule has 0 radical (unpaired) electrons. The first kappa shape index (κ1) is 15.3. The summed E-state index contributed by atoms with van der Waals surface area (Å²) in [6, 6.07) is 14.7. The third-order valence-electron chi connectivity index (χ3n) is 3.85. The zero-order valence-electron chi connectivity index (χ0n) is 13.0. The van der Waals surface area contributed by atoms with Crippen LogP contribution in [0.3, 0.4) is 0 Å². The minimum absolute atomic E-state index is 0.616. The molecule has 1 aliphatic heterocycles. The summed E-state index contributed by atoms with van der Waals surface area (Å²) in [5, 5.41) is 0. The summed E-state index contributed by atoms with van der Waals surface area (Å²) in [7, 11) is 4.21. The maximum absolute atomic E-state index is 6.01. The van der Waals surface area contributed by atoms with Crippen LogP contribution in [-0.2, 0) is 6.61 Å². The SMILES string of the molecule is CN(C)CCC=C1c2cc(Br)ccc2COc2ccccc21. The van der Waals surface area contributed by atoms with Crippen LogP contribution in [0, 0.1) is 0 Å². The molecule has 1 aliphatic rings. The number of ether oxygens (including phenoxy) is 1. The van der Waals surface area contributed by atoms with Gasteiger partial charge >= 0.3 is 0 Å². The standard InChI is InChI=1S/C19H20BrNO/c1-21(2)11-5-7-16-17-6-3-4-8-19(17)22-13-14-9-10-15(20)12-18(14)16/h3-4,6-10,12H,5,11,13H2,1-2H3. The first-order chi connectivity index (χ1) is 10.6. The Morgan fingerprint density at radius 3 is 2.77 bits per heavy atom. The number of benzene rings is 2.